The fourth-order valence-electron chi connectivity index (χ4n) is 2.92. The summed E-state index contributed by atoms with van der Waals surface area (Å²) in [6.07, 6.45) is 3.52. The van der Waals surface area contributed by atoms with E-state index in [9.17, 15) is 14.0 Å². The molecule has 0 spiro atoms. The summed E-state index contributed by atoms with van der Waals surface area (Å²) in [5, 5.41) is 9.79. The number of carbonyl (C=O) groups is 2. The summed E-state index contributed by atoms with van der Waals surface area (Å²) in [7, 11) is 1.37. The van der Waals surface area contributed by atoms with Crippen LogP contribution in [0.5, 0.6) is 5.75 Å². The van der Waals surface area contributed by atoms with Crippen molar-refractivity contribution in [2.24, 2.45) is 0 Å². The molecular weight excluding hydrogens is 387 g/mol. The average molecular weight is 410 g/mol. The molecule has 0 radical (unpaired) electrons. The lowest BCUT2D eigenvalue weighted by molar-refractivity contribution is 0.0946. The summed E-state index contributed by atoms with van der Waals surface area (Å²) in [5.74, 6) is -1.09. The van der Waals surface area contributed by atoms with Crippen LogP contribution in [-0.2, 0) is 0 Å². The third kappa shape index (κ3) is 4.83. The highest BCUT2D eigenvalue weighted by molar-refractivity contribution is 6.07. The second-order valence-corrected chi connectivity index (χ2v) is 6.87. The number of amides is 2. The van der Waals surface area contributed by atoms with E-state index >= 15 is 0 Å². The Hall–Kier alpha value is -3.68. The van der Waals surface area contributed by atoms with Gasteiger partial charge in [-0.05, 0) is 49.7 Å². The average Bonchev–Trinajstić information content (AvgIpc) is 3.28. The Morgan fingerprint density at radius 2 is 2.00 bits per heavy atom. The minimum absolute atomic E-state index is 0.000451. The number of carbonyl (C=O) groups excluding carboxylic acids is 2. The summed E-state index contributed by atoms with van der Waals surface area (Å²) in [6.45, 7) is 4.17. The summed E-state index contributed by atoms with van der Waals surface area (Å²) in [6, 6.07) is 10.6. The highest BCUT2D eigenvalue weighted by atomic mass is 19.1. The van der Waals surface area contributed by atoms with Gasteiger partial charge in [0, 0.05) is 36.3 Å². The molecule has 0 aliphatic heterocycles. The highest BCUT2D eigenvalue weighted by Crippen LogP contribution is 2.23. The van der Waals surface area contributed by atoms with Gasteiger partial charge in [0.2, 0.25) is 0 Å². The molecule has 1 aromatic heterocycles. The number of anilines is 1. The Morgan fingerprint density at radius 3 is 2.70 bits per heavy atom. The van der Waals surface area contributed by atoms with Crippen LogP contribution in [0.4, 0.5) is 10.1 Å². The second kappa shape index (κ2) is 9.21. The standard InChI is InChI=1S/C22H23FN4O3/c1-14-5-6-16(21(28)24-13-15(2)27-10-4-9-25-27)11-19(14)26-22(29)18-8-7-17(23)12-20(18)30-3/h4-12,15H,13H2,1-3H3,(H,24,28)(H,26,29). The molecule has 3 aromatic rings. The summed E-state index contributed by atoms with van der Waals surface area (Å²) >= 11 is 0. The van der Waals surface area contributed by atoms with E-state index in [2.05, 4.69) is 15.7 Å². The fourth-order valence-corrected chi connectivity index (χ4v) is 2.92. The molecule has 0 saturated heterocycles. The van der Waals surface area contributed by atoms with Crippen molar-refractivity contribution in [3.05, 3.63) is 77.4 Å². The van der Waals surface area contributed by atoms with Gasteiger partial charge in [-0.3, -0.25) is 14.3 Å². The van der Waals surface area contributed by atoms with E-state index in [0.717, 1.165) is 11.6 Å². The number of methoxy groups -OCH3 is 1. The van der Waals surface area contributed by atoms with E-state index in [1.807, 2.05) is 26.1 Å². The quantitative estimate of drug-likeness (QED) is 0.623. The molecule has 0 aliphatic rings. The van der Waals surface area contributed by atoms with Crippen LogP contribution in [0, 0.1) is 12.7 Å². The maximum Gasteiger partial charge on any atom is 0.259 e. The van der Waals surface area contributed by atoms with Gasteiger partial charge in [-0.15, -0.1) is 0 Å². The van der Waals surface area contributed by atoms with Crippen LogP contribution in [0.2, 0.25) is 0 Å². The largest absolute Gasteiger partial charge is 0.496 e. The van der Waals surface area contributed by atoms with Crippen molar-refractivity contribution in [1.82, 2.24) is 15.1 Å². The molecule has 0 bridgehead atoms. The van der Waals surface area contributed by atoms with E-state index in [0.29, 0.717) is 17.8 Å². The van der Waals surface area contributed by atoms with E-state index in [4.69, 9.17) is 4.74 Å². The van der Waals surface area contributed by atoms with Crippen molar-refractivity contribution in [2.45, 2.75) is 19.9 Å². The van der Waals surface area contributed by atoms with Crippen LogP contribution in [0.25, 0.3) is 0 Å². The van der Waals surface area contributed by atoms with E-state index in [-0.39, 0.29) is 23.3 Å². The number of nitrogens with one attached hydrogen (secondary N) is 2. The van der Waals surface area contributed by atoms with Gasteiger partial charge in [0.15, 0.2) is 0 Å². The Balaban J connectivity index is 1.72. The van der Waals surface area contributed by atoms with Crippen LogP contribution < -0.4 is 15.4 Å². The molecule has 2 amide bonds. The highest BCUT2D eigenvalue weighted by Gasteiger charge is 2.16. The third-order valence-electron chi connectivity index (χ3n) is 4.69. The van der Waals surface area contributed by atoms with Crippen LogP contribution in [0.15, 0.2) is 54.9 Å². The Morgan fingerprint density at radius 1 is 1.20 bits per heavy atom. The van der Waals surface area contributed by atoms with Gasteiger partial charge in [-0.1, -0.05) is 6.07 Å². The molecule has 156 valence electrons. The monoisotopic (exact) mass is 410 g/mol. The minimum atomic E-state index is -0.498. The molecule has 8 heteroatoms. The summed E-state index contributed by atoms with van der Waals surface area (Å²) < 4.78 is 20.2. The van der Waals surface area contributed by atoms with Gasteiger partial charge in [0.1, 0.15) is 11.6 Å². The molecule has 3 rings (SSSR count). The van der Waals surface area contributed by atoms with Gasteiger partial charge in [0.25, 0.3) is 11.8 Å². The van der Waals surface area contributed by atoms with Gasteiger partial charge < -0.3 is 15.4 Å². The first-order valence-electron chi connectivity index (χ1n) is 9.42. The van der Waals surface area contributed by atoms with Crippen molar-refractivity contribution in [1.29, 1.82) is 0 Å². The molecule has 30 heavy (non-hydrogen) atoms. The van der Waals surface area contributed by atoms with E-state index in [1.165, 1.54) is 19.2 Å². The number of nitrogens with zero attached hydrogens (tertiary/aromatic N) is 2. The van der Waals surface area contributed by atoms with Crippen molar-refractivity contribution in [2.75, 3.05) is 19.0 Å². The molecular formula is C22H23FN4O3. The topological polar surface area (TPSA) is 85.2 Å². The number of rotatable bonds is 7. The Labute approximate surface area is 173 Å². The zero-order chi connectivity index (χ0) is 21.7. The summed E-state index contributed by atoms with van der Waals surface area (Å²) in [4.78, 5) is 25.2. The zero-order valence-electron chi connectivity index (χ0n) is 17.0. The predicted octanol–water partition coefficient (Wildman–Crippen LogP) is 3.58. The minimum Gasteiger partial charge on any atom is -0.496 e. The number of aromatic nitrogens is 2. The molecule has 1 atom stereocenters. The molecule has 1 heterocycles. The third-order valence-corrected chi connectivity index (χ3v) is 4.69. The number of ether oxygens (including phenoxy) is 1. The number of benzene rings is 2. The second-order valence-electron chi connectivity index (χ2n) is 6.87. The molecule has 7 nitrogen and oxygen atoms in total. The zero-order valence-corrected chi connectivity index (χ0v) is 17.0. The molecule has 2 N–H and O–H groups in total. The maximum atomic E-state index is 13.4. The number of halogens is 1. The molecule has 0 fully saturated rings. The Kier molecular flexibility index (Phi) is 6.46. The van der Waals surface area contributed by atoms with Crippen LogP contribution in [0.1, 0.15) is 39.2 Å². The lowest BCUT2D eigenvalue weighted by Crippen LogP contribution is -2.29. The smallest absolute Gasteiger partial charge is 0.259 e. The van der Waals surface area contributed by atoms with Crippen LogP contribution in [-0.4, -0.2) is 35.2 Å². The van der Waals surface area contributed by atoms with Gasteiger partial charge >= 0.3 is 0 Å². The first-order chi connectivity index (χ1) is 14.4. The first-order valence-corrected chi connectivity index (χ1v) is 9.42. The number of hydrogen-bond acceptors (Lipinski definition) is 4. The van der Waals surface area contributed by atoms with Crippen molar-refractivity contribution in [3.8, 4) is 5.75 Å². The predicted molar refractivity (Wildman–Crippen MR) is 111 cm³/mol. The Bertz CT molecular complexity index is 1050. The van der Waals surface area contributed by atoms with Crippen molar-refractivity contribution < 1.29 is 18.7 Å². The van der Waals surface area contributed by atoms with Gasteiger partial charge in [0.05, 0.1) is 18.7 Å². The molecule has 0 aliphatic carbocycles. The first kappa shape index (κ1) is 21.0. The number of hydrogen-bond donors (Lipinski definition) is 2. The normalized spacial score (nSPS) is 11.6. The van der Waals surface area contributed by atoms with Gasteiger partial charge in [-0.25, -0.2) is 4.39 Å². The summed E-state index contributed by atoms with van der Waals surface area (Å²) in [5.41, 5.74) is 1.88. The molecule has 2 aromatic carbocycles. The lowest BCUT2D eigenvalue weighted by Gasteiger charge is -2.15. The maximum absolute atomic E-state index is 13.4. The molecule has 1 unspecified atom stereocenters. The van der Waals surface area contributed by atoms with Gasteiger partial charge in [-0.2, -0.15) is 5.10 Å². The number of aryl methyl sites for hydroxylation is 1. The van der Waals surface area contributed by atoms with Crippen LogP contribution >= 0.6 is 0 Å². The van der Waals surface area contributed by atoms with E-state index in [1.54, 1.807) is 29.1 Å². The SMILES string of the molecule is COc1cc(F)ccc1C(=O)Nc1cc(C(=O)NCC(C)n2cccn2)ccc1C. The molecule has 0 saturated carbocycles. The van der Waals surface area contributed by atoms with Crippen LogP contribution in [0.3, 0.4) is 0 Å². The van der Waals surface area contributed by atoms with Crippen molar-refractivity contribution in [3.63, 3.8) is 0 Å². The van der Waals surface area contributed by atoms with Crippen molar-refractivity contribution >= 4 is 17.5 Å². The van der Waals surface area contributed by atoms with E-state index < -0.39 is 11.7 Å². The fraction of sp³-hybridized carbons (Fsp3) is 0.227. The lowest BCUT2D eigenvalue weighted by atomic mass is 10.1.